The molecule has 0 saturated heterocycles. The van der Waals surface area contributed by atoms with E-state index >= 15 is 0 Å². The van der Waals surface area contributed by atoms with Crippen LogP contribution in [0, 0.1) is 0 Å². The summed E-state index contributed by atoms with van der Waals surface area (Å²) in [5.74, 6) is 0. The van der Waals surface area contributed by atoms with Crippen LogP contribution in [0.3, 0.4) is 0 Å². The maximum Gasteiger partial charge on any atom is 0.0556 e. The van der Waals surface area contributed by atoms with Crippen molar-refractivity contribution in [2.24, 2.45) is 0 Å². The molecule has 3 nitrogen and oxygen atoms in total. The van der Waals surface area contributed by atoms with Crippen LogP contribution in [-0.2, 0) is 0 Å². The van der Waals surface area contributed by atoms with Gasteiger partial charge in [-0.1, -0.05) is 0 Å². The summed E-state index contributed by atoms with van der Waals surface area (Å²) in [4.78, 5) is 0. The molecule has 3 N–H and O–H groups in total. The molecule has 66 valence electrons. The van der Waals surface area contributed by atoms with Crippen LogP contribution in [0.2, 0.25) is 0 Å². The topological polar surface area (TPSA) is 52.5 Å². The van der Waals surface area contributed by atoms with Gasteiger partial charge < -0.3 is 15.5 Å². The second-order valence-electron chi connectivity index (χ2n) is 3.20. The zero-order valence-corrected chi connectivity index (χ0v) is 6.79. The second-order valence-corrected chi connectivity index (χ2v) is 3.20. The third-order valence-electron chi connectivity index (χ3n) is 2.19. The van der Waals surface area contributed by atoms with Crippen molar-refractivity contribution in [2.45, 2.75) is 37.8 Å². The van der Waals surface area contributed by atoms with Gasteiger partial charge in [0.25, 0.3) is 0 Å². The predicted molar refractivity (Wildman–Crippen MR) is 43.4 cm³/mol. The van der Waals surface area contributed by atoms with Gasteiger partial charge in [-0.05, 0) is 25.7 Å². The van der Waals surface area contributed by atoms with Crippen molar-refractivity contribution in [3.63, 3.8) is 0 Å². The average molecular weight is 159 g/mol. The summed E-state index contributed by atoms with van der Waals surface area (Å²) < 4.78 is 0. The van der Waals surface area contributed by atoms with Crippen LogP contribution in [0.5, 0.6) is 0 Å². The Kier molecular flexibility index (Phi) is 3.83. The molecule has 0 radical (unpaired) electrons. The molecule has 0 bridgehead atoms. The fourth-order valence-electron chi connectivity index (χ4n) is 1.62. The highest BCUT2D eigenvalue weighted by atomic mass is 16.3. The van der Waals surface area contributed by atoms with Gasteiger partial charge in [0.1, 0.15) is 0 Å². The maximum atomic E-state index is 9.28. The van der Waals surface area contributed by atoms with E-state index in [1.54, 1.807) is 0 Å². The van der Waals surface area contributed by atoms with Crippen molar-refractivity contribution < 1.29 is 10.2 Å². The van der Waals surface area contributed by atoms with Gasteiger partial charge in [0.05, 0.1) is 12.7 Å². The lowest BCUT2D eigenvalue weighted by Crippen LogP contribution is -2.37. The average Bonchev–Trinajstić information content (AvgIpc) is 2.01. The van der Waals surface area contributed by atoms with Crippen LogP contribution in [0.4, 0.5) is 0 Å². The summed E-state index contributed by atoms with van der Waals surface area (Å²) in [6, 6.07) is 0.422. The first-order valence-corrected chi connectivity index (χ1v) is 4.35. The molecule has 0 spiro atoms. The van der Waals surface area contributed by atoms with E-state index in [1.807, 2.05) is 0 Å². The van der Waals surface area contributed by atoms with E-state index in [4.69, 9.17) is 5.11 Å². The molecule has 1 rings (SSSR count). The Bertz CT molecular complexity index is 108. The van der Waals surface area contributed by atoms with Gasteiger partial charge in [0, 0.05) is 12.6 Å². The molecule has 2 unspecified atom stereocenters. The lowest BCUT2D eigenvalue weighted by atomic mass is 9.93. The summed E-state index contributed by atoms with van der Waals surface area (Å²) >= 11 is 0. The molecule has 1 saturated carbocycles. The first kappa shape index (κ1) is 8.97. The van der Waals surface area contributed by atoms with Gasteiger partial charge in [-0.25, -0.2) is 0 Å². The Labute approximate surface area is 67.4 Å². The SMILES string of the molecule is OCCNC1CCCC(O)C1. The molecule has 0 aliphatic heterocycles. The molecule has 0 aromatic carbocycles. The summed E-state index contributed by atoms with van der Waals surface area (Å²) in [5, 5.41) is 21.0. The van der Waals surface area contributed by atoms with E-state index in [9.17, 15) is 5.11 Å². The first-order valence-electron chi connectivity index (χ1n) is 4.35. The van der Waals surface area contributed by atoms with Crippen molar-refractivity contribution in [2.75, 3.05) is 13.2 Å². The van der Waals surface area contributed by atoms with Crippen molar-refractivity contribution in [3.8, 4) is 0 Å². The third kappa shape index (κ3) is 3.18. The molecular formula is C8H17NO2. The van der Waals surface area contributed by atoms with E-state index in [2.05, 4.69) is 5.32 Å². The highest BCUT2D eigenvalue weighted by molar-refractivity contribution is 4.76. The molecule has 11 heavy (non-hydrogen) atoms. The smallest absolute Gasteiger partial charge is 0.0556 e. The molecular weight excluding hydrogens is 142 g/mol. The Balaban J connectivity index is 2.12. The fourth-order valence-corrected chi connectivity index (χ4v) is 1.62. The number of nitrogens with one attached hydrogen (secondary N) is 1. The molecule has 2 atom stereocenters. The molecule has 1 aliphatic carbocycles. The number of hydrogen-bond donors (Lipinski definition) is 3. The minimum atomic E-state index is -0.125. The fraction of sp³-hybridized carbons (Fsp3) is 1.00. The number of hydrogen-bond acceptors (Lipinski definition) is 3. The highest BCUT2D eigenvalue weighted by Gasteiger charge is 2.18. The number of aliphatic hydroxyl groups is 2. The molecule has 1 fully saturated rings. The van der Waals surface area contributed by atoms with E-state index < -0.39 is 0 Å². The Morgan fingerprint density at radius 1 is 1.36 bits per heavy atom. The molecule has 0 aromatic heterocycles. The van der Waals surface area contributed by atoms with Crippen LogP contribution in [0.25, 0.3) is 0 Å². The predicted octanol–water partition coefficient (Wildman–Crippen LogP) is -0.128. The summed E-state index contributed by atoms with van der Waals surface area (Å²) in [6.07, 6.45) is 3.90. The standard InChI is InChI=1S/C8H17NO2/c10-5-4-9-7-2-1-3-8(11)6-7/h7-11H,1-6H2. The van der Waals surface area contributed by atoms with Crippen molar-refractivity contribution in [1.29, 1.82) is 0 Å². The minimum Gasteiger partial charge on any atom is -0.395 e. The normalized spacial score (nSPS) is 32.2. The van der Waals surface area contributed by atoms with E-state index in [-0.39, 0.29) is 12.7 Å². The first-order chi connectivity index (χ1) is 5.33. The van der Waals surface area contributed by atoms with E-state index in [1.165, 1.54) is 0 Å². The van der Waals surface area contributed by atoms with Crippen LogP contribution in [0.15, 0.2) is 0 Å². The van der Waals surface area contributed by atoms with Crippen LogP contribution in [-0.4, -0.2) is 35.5 Å². The lowest BCUT2D eigenvalue weighted by Gasteiger charge is -2.26. The van der Waals surface area contributed by atoms with Crippen molar-refractivity contribution in [3.05, 3.63) is 0 Å². The van der Waals surface area contributed by atoms with E-state index in [0.717, 1.165) is 25.7 Å². The zero-order chi connectivity index (χ0) is 8.10. The zero-order valence-electron chi connectivity index (χ0n) is 6.79. The minimum absolute atomic E-state index is 0.125. The largest absolute Gasteiger partial charge is 0.395 e. The lowest BCUT2D eigenvalue weighted by molar-refractivity contribution is 0.110. The highest BCUT2D eigenvalue weighted by Crippen LogP contribution is 2.17. The van der Waals surface area contributed by atoms with Gasteiger partial charge in [-0.3, -0.25) is 0 Å². The Hall–Kier alpha value is -0.120. The third-order valence-corrected chi connectivity index (χ3v) is 2.19. The maximum absolute atomic E-state index is 9.28. The van der Waals surface area contributed by atoms with Crippen molar-refractivity contribution in [1.82, 2.24) is 5.32 Å². The number of rotatable bonds is 3. The summed E-state index contributed by atoms with van der Waals surface area (Å²) in [5.41, 5.74) is 0. The Morgan fingerprint density at radius 3 is 2.82 bits per heavy atom. The molecule has 0 heterocycles. The van der Waals surface area contributed by atoms with Crippen LogP contribution < -0.4 is 5.32 Å². The molecule has 3 heteroatoms. The Morgan fingerprint density at radius 2 is 2.18 bits per heavy atom. The van der Waals surface area contributed by atoms with E-state index in [0.29, 0.717) is 12.6 Å². The van der Waals surface area contributed by atoms with Gasteiger partial charge in [0.2, 0.25) is 0 Å². The molecule has 0 amide bonds. The molecule has 1 aliphatic rings. The van der Waals surface area contributed by atoms with Crippen molar-refractivity contribution >= 4 is 0 Å². The quantitative estimate of drug-likeness (QED) is 0.538. The van der Waals surface area contributed by atoms with Gasteiger partial charge in [-0.15, -0.1) is 0 Å². The van der Waals surface area contributed by atoms with Crippen LogP contribution in [0.1, 0.15) is 25.7 Å². The summed E-state index contributed by atoms with van der Waals surface area (Å²) in [7, 11) is 0. The van der Waals surface area contributed by atoms with Gasteiger partial charge in [-0.2, -0.15) is 0 Å². The van der Waals surface area contributed by atoms with Gasteiger partial charge in [0.15, 0.2) is 0 Å². The summed E-state index contributed by atoms with van der Waals surface area (Å²) in [6.45, 7) is 0.837. The van der Waals surface area contributed by atoms with Gasteiger partial charge >= 0.3 is 0 Å². The number of aliphatic hydroxyl groups excluding tert-OH is 2. The molecule has 0 aromatic rings. The van der Waals surface area contributed by atoms with Crippen LogP contribution >= 0.6 is 0 Å². The second kappa shape index (κ2) is 4.70. The monoisotopic (exact) mass is 159 g/mol.